The molecule has 16 heteroatoms. The average Bonchev–Trinajstić information content (AvgIpc) is 3.32. The van der Waals surface area contributed by atoms with Crippen molar-refractivity contribution in [1.82, 2.24) is 0 Å². The van der Waals surface area contributed by atoms with Crippen LogP contribution < -0.4 is 78.6 Å². The van der Waals surface area contributed by atoms with Crippen LogP contribution in [0.2, 0.25) is 0 Å². The third kappa shape index (κ3) is 12.7. The van der Waals surface area contributed by atoms with E-state index in [-0.39, 0.29) is 98.8 Å². The Morgan fingerprint density at radius 3 is 1.37 bits per heavy atom. The topological polar surface area (TPSA) is 181 Å². The van der Waals surface area contributed by atoms with E-state index in [2.05, 4.69) is 9.37 Å². The van der Waals surface area contributed by atoms with Crippen molar-refractivity contribution in [3.8, 4) is 62.5 Å². The van der Waals surface area contributed by atoms with E-state index in [1.54, 1.807) is 109 Å². The Labute approximate surface area is 434 Å². The van der Waals surface area contributed by atoms with Gasteiger partial charge in [-0.1, -0.05) is 60.7 Å². The fourth-order valence-corrected chi connectivity index (χ4v) is 8.17. The summed E-state index contributed by atoms with van der Waals surface area (Å²) >= 11 is 0.591. The van der Waals surface area contributed by atoms with Gasteiger partial charge in [0, 0.05) is 27.1 Å². The van der Waals surface area contributed by atoms with Crippen LogP contribution in [0.4, 0.5) is 0 Å². The molecule has 1 N–H and O–H groups in total. The van der Waals surface area contributed by atoms with E-state index in [1.165, 1.54) is 31.2 Å². The van der Waals surface area contributed by atoms with Gasteiger partial charge in [0.25, 0.3) is 0 Å². The maximum absolute atomic E-state index is 13.4. The summed E-state index contributed by atoms with van der Waals surface area (Å²) in [5, 5.41) is 23.1. The van der Waals surface area contributed by atoms with Gasteiger partial charge in [0.15, 0.2) is 11.6 Å². The summed E-state index contributed by atoms with van der Waals surface area (Å²) in [7, 11) is -5.09. The molecule has 0 atom stereocenters. The third-order valence-corrected chi connectivity index (χ3v) is 11.7. The molecule has 0 aliphatic rings. The van der Waals surface area contributed by atoms with Crippen molar-refractivity contribution in [3.63, 3.8) is 0 Å². The van der Waals surface area contributed by atoms with E-state index in [0.717, 1.165) is 22.3 Å². The number of hydrogen-bond acceptors (Lipinski definition) is 13. The monoisotopic (exact) mass is 948 g/mol. The standard InChI is InChI=1S/C51H36O12S2.2Na/c1-32-47(50(54)39-3-2-4-46(31-39)64-63-62-55)29-30-48(51(32)65(56,57)58)61-45-23-11-36(12-24-45)35-9-21-42(22-10-35)60-44-27-15-38(16-28-44)49(53)37-13-25-43(26-14-37)59-41-19-7-34(8-20-41)33-5-17-40(52)18-6-33;;/h2-31,52,55H,1H3,(H,56,57,58);;/q;2*+1/p-2. The quantitative estimate of drug-likeness (QED) is 0.0341. The molecule has 8 rings (SSSR count). The summed E-state index contributed by atoms with van der Waals surface area (Å²) in [5.74, 6) is 1.84. The Kier molecular flexibility index (Phi) is 17.4. The number of rotatable bonds is 16. The summed E-state index contributed by atoms with van der Waals surface area (Å²) in [6.45, 7) is 1.35. The second kappa shape index (κ2) is 23.0. The van der Waals surface area contributed by atoms with E-state index in [1.807, 2.05) is 48.5 Å². The number of carbonyl (C=O) groups is 2. The molecule has 0 aromatic heterocycles. The van der Waals surface area contributed by atoms with Crippen LogP contribution >= 0.6 is 12.0 Å². The number of benzene rings is 8. The Hall–Kier alpha value is -5.56. The van der Waals surface area contributed by atoms with Gasteiger partial charge in [0.05, 0.1) is 12.0 Å². The summed E-state index contributed by atoms with van der Waals surface area (Å²) in [5.41, 5.74) is 4.67. The molecule has 324 valence electrons. The van der Waals surface area contributed by atoms with Gasteiger partial charge >= 0.3 is 59.1 Å². The molecule has 0 bridgehead atoms. The number of phenolic OH excluding ortho intramolecular Hbond substituents is 1. The molecule has 0 saturated heterocycles. The number of aromatic hydroxyl groups is 1. The van der Waals surface area contributed by atoms with Crippen molar-refractivity contribution in [1.29, 1.82) is 0 Å². The minimum absolute atomic E-state index is 0. The smallest absolute Gasteiger partial charge is 0.744 e. The van der Waals surface area contributed by atoms with Crippen molar-refractivity contribution in [3.05, 3.63) is 210 Å². The van der Waals surface area contributed by atoms with E-state index in [4.69, 9.17) is 14.2 Å². The van der Waals surface area contributed by atoms with Crippen molar-refractivity contribution < 1.29 is 116 Å². The number of ketones is 2. The van der Waals surface area contributed by atoms with Crippen LogP contribution in [0.15, 0.2) is 192 Å². The van der Waals surface area contributed by atoms with Crippen molar-refractivity contribution >= 4 is 33.7 Å². The summed E-state index contributed by atoms with van der Waals surface area (Å²) in [6, 6.07) is 51.1. The summed E-state index contributed by atoms with van der Waals surface area (Å²) in [4.78, 5) is 26.4. The van der Waals surface area contributed by atoms with Gasteiger partial charge in [0.2, 0.25) is 0 Å². The summed E-state index contributed by atoms with van der Waals surface area (Å²) in [6.07, 6.45) is 0. The molecule has 0 fully saturated rings. The molecule has 0 aliphatic heterocycles. The van der Waals surface area contributed by atoms with Crippen LogP contribution in [0.3, 0.4) is 0 Å². The van der Waals surface area contributed by atoms with E-state index in [0.29, 0.717) is 51.1 Å². The SMILES string of the molecule is Cc1c(C(=O)c2cccc(SOO[O-])c2)ccc(Oc2ccc(-c3ccc(Oc4ccc(C(=O)c5ccc(Oc6ccc(-c7ccc(O)cc7)cc6)cc5)cc4)cc3)cc2)c1S(=O)(=O)[O-].[Na+].[Na+]. The van der Waals surface area contributed by atoms with E-state index in [9.17, 15) is 32.9 Å². The molecule has 0 radical (unpaired) electrons. The Morgan fingerprint density at radius 2 is 0.940 bits per heavy atom. The molecule has 12 nitrogen and oxygen atoms in total. The van der Waals surface area contributed by atoms with Crippen LogP contribution in [-0.4, -0.2) is 29.6 Å². The predicted molar refractivity (Wildman–Crippen MR) is 239 cm³/mol. The first kappa shape index (κ1) is 50.8. The van der Waals surface area contributed by atoms with Gasteiger partial charge in [-0.15, -0.1) is 0 Å². The van der Waals surface area contributed by atoms with Crippen LogP contribution in [0, 0.1) is 6.92 Å². The molecular formula is C51H34Na2O12S2. The molecule has 8 aromatic carbocycles. The molecular weight excluding hydrogens is 915 g/mol. The zero-order valence-electron chi connectivity index (χ0n) is 36.1. The maximum atomic E-state index is 13.4. The molecule has 0 unspecified atom stereocenters. The second-order valence-corrected chi connectivity index (χ2v) is 16.5. The van der Waals surface area contributed by atoms with Crippen molar-refractivity contribution in [2.75, 3.05) is 0 Å². The predicted octanol–water partition coefficient (Wildman–Crippen LogP) is 5.02. The van der Waals surface area contributed by atoms with Crippen molar-refractivity contribution in [2.45, 2.75) is 16.7 Å². The Balaban J connectivity index is 0.00000370. The minimum atomic E-state index is -5.09. The van der Waals surface area contributed by atoms with Gasteiger partial charge in [0.1, 0.15) is 55.3 Å². The fraction of sp³-hybridized carbons (Fsp3) is 0.0196. The molecule has 8 aromatic rings. The van der Waals surface area contributed by atoms with Crippen LogP contribution in [0.5, 0.6) is 40.2 Å². The molecule has 0 saturated carbocycles. The molecule has 0 amide bonds. The minimum Gasteiger partial charge on any atom is -0.744 e. The maximum Gasteiger partial charge on any atom is 1.00 e. The van der Waals surface area contributed by atoms with Crippen LogP contribution in [0.1, 0.15) is 37.4 Å². The molecule has 0 heterocycles. The van der Waals surface area contributed by atoms with Gasteiger partial charge in [-0.25, -0.2) is 8.42 Å². The third-order valence-electron chi connectivity index (χ3n) is 10.1. The number of carbonyl (C=O) groups excluding carboxylic acids is 2. The van der Waals surface area contributed by atoms with Crippen molar-refractivity contribution in [2.24, 2.45) is 0 Å². The fourth-order valence-electron chi connectivity index (χ4n) is 6.92. The van der Waals surface area contributed by atoms with Gasteiger partial charge in [-0.3, -0.25) is 14.6 Å². The molecule has 67 heavy (non-hydrogen) atoms. The second-order valence-electron chi connectivity index (χ2n) is 14.4. The number of hydrogen-bond donors (Lipinski definition) is 1. The van der Waals surface area contributed by atoms with Crippen LogP contribution in [0.25, 0.3) is 22.3 Å². The zero-order chi connectivity index (χ0) is 45.5. The van der Waals surface area contributed by atoms with E-state index < -0.39 is 20.8 Å². The first-order valence-electron chi connectivity index (χ1n) is 19.7. The Morgan fingerprint density at radius 1 is 0.522 bits per heavy atom. The molecule has 0 aliphatic carbocycles. The first-order chi connectivity index (χ1) is 31.4. The van der Waals surface area contributed by atoms with E-state index >= 15 is 0 Å². The zero-order valence-corrected chi connectivity index (χ0v) is 41.7. The number of phenols is 1. The van der Waals surface area contributed by atoms with Gasteiger partial charge < -0.3 is 29.1 Å². The average molecular weight is 949 g/mol. The largest absolute Gasteiger partial charge is 1.00 e. The normalized spacial score (nSPS) is 10.9. The molecule has 0 spiro atoms. The van der Waals surface area contributed by atoms with Gasteiger partial charge in [-0.2, -0.15) is 4.33 Å². The summed E-state index contributed by atoms with van der Waals surface area (Å²) < 4.78 is 59.7. The number of ether oxygens (including phenoxy) is 3. The van der Waals surface area contributed by atoms with Crippen LogP contribution in [-0.2, 0) is 19.5 Å². The Bertz CT molecular complexity index is 3100. The van der Waals surface area contributed by atoms with Gasteiger partial charge in [-0.05, 0) is 156 Å². The first-order valence-corrected chi connectivity index (χ1v) is 21.8.